The van der Waals surface area contributed by atoms with E-state index in [-0.39, 0.29) is 29.8 Å². The summed E-state index contributed by atoms with van der Waals surface area (Å²) in [5, 5.41) is 1.07. The maximum absolute atomic E-state index is 13.5. The highest BCUT2D eigenvalue weighted by molar-refractivity contribution is 7.17. The first-order valence-electron chi connectivity index (χ1n) is 7.88. The summed E-state index contributed by atoms with van der Waals surface area (Å²) >= 11 is 7.07. The van der Waals surface area contributed by atoms with Crippen LogP contribution in [0.2, 0.25) is 5.02 Å². The first kappa shape index (κ1) is 18.4. The molecule has 0 amide bonds. The van der Waals surface area contributed by atoms with E-state index in [2.05, 4.69) is 4.98 Å². The molecule has 0 aliphatic carbocycles. The van der Waals surface area contributed by atoms with Gasteiger partial charge in [0.05, 0.1) is 6.61 Å². The molecule has 0 radical (unpaired) electrons. The van der Waals surface area contributed by atoms with Gasteiger partial charge in [0.25, 0.3) is 0 Å². The van der Waals surface area contributed by atoms with E-state index in [9.17, 15) is 9.18 Å². The van der Waals surface area contributed by atoms with Gasteiger partial charge in [-0.05, 0) is 36.8 Å². The van der Waals surface area contributed by atoms with Crippen molar-refractivity contribution in [1.82, 2.24) is 4.98 Å². The topological polar surface area (TPSA) is 48.4 Å². The summed E-state index contributed by atoms with van der Waals surface area (Å²) in [4.78, 5) is 16.8. The number of rotatable bonds is 6. The number of hydrogen-bond acceptors (Lipinski definition) is 5. The van der Waals surface area contributed by atoms with Gasteiger partial charge in [-0.2, -0.15) is 0 Å². The van der Waals surface area contributed by atoms with E-state index in [0.717, 1.165) is 16.9 Å². The maximum Gasteiger partial charge on any atom is 0.354 e. The van der Waals surface area contributed by atoms with Crippen molar-refractivity contribution in [2.45, 2.75) is 13.5 Å². The fraction of sp³-hybridized carbons (Fsp3) is 0.158. The van der Waals surface area contributed by atoms with Gasteiger partial charge in [-0.25, -0.2) is 14.2 Å². The molecule has 4 nitrogen and oxygen atoms in total. The van der Waals surface area contributed by atoms with Crippen molar-refractivity contribution in [2.75, 3.05) is 6.61 Å². The Labute approximate surface area is 159 Å². The lowest BCUT2D eigenvalue weighted by Gasteiger charge is -2.06. The highest BCUT2D eigenvalue weighted by Crippen LogP contribution is 2.34. The Morgan fingerprint density at radius 2 is 2.04 bits per heavy atom. The lowest BCUT2D eigenvalue weighted by Crippen LogP contribution is -2.05. The smallest absolute Gasteiger partial charge is 0.354 e. The average molecular weight is 392 g/mol. The zero-order valence-corrected chi connectivity index (χ0v) is 15.4. The maximum atomic E-state index is 13.5. The van der Waals surface area contributed by atoms with Gasteiger partial charge in [0.15, 0.2) is 4.88 Å². The monoisotopic (exact) mass is 391 g/mol. The summed E-state index contributed by atoms with van der Waals surface area (Å²) in [6, 6.07) is 13.2. The molecule has 1 aromatic heterocycles. The average Bonchev–Trinajstić information content (AvgIpc) is 3.05. The Morgan fingerprint density at radius 1 is 1.23 bits per heavy atom. The normalized spacial score (nSPS) is 10.6. The molecule has 134 valence electrons. The van der Waals surface area contributed by atoms with Crippen LogP contribution in [-0.2, 0) is 11.3 Å². The molecule has 0 aliphatic heterocycles. The van der Waals surface area contributed by atoms with Crippen LogP contribution in [0.4, 0.5) is 4.39 Å². The molecule has 7 heteroatoms. The number of hydrogen-bond donors (Lipinski definition) is 0. The van der Waals surface area contributed by atoms with Gasteiger partial charge >= 0.3 is 5.97 Å². The van der Waals surface area contributed by atoms with Crippen molar-refractivity contribution in [1.29, 1.82) is 0 Å². The van der Waals surface area contributed by atoms with Crippen molar-refractivity contribution in [3.05, 3.63) is 69.8 Å². The van der Waals surface area contributed by atoms with Gasteiger partial charge in [0, 0.05) is 10.6 Å². The van der Waals surface area contributed by atoms with Gasteiger partial charge in [-0.3, -0.25) is 0 Å². The molecule has 0 saturated carbocycles. The van der Waals surface area contributed by atoms with Crippen molar-refractivity contribution in [3.8, 4) is 16.5 Å². The Bertz CT molecular complexity index is 929. The Kier molecular flexibility index (Phi) is 5.85. The van der Waals surface area contributed by atoms with Gasteiger partial charge < -0.3 is 9.47 Å². The molecule has 0 N–H and O–H groups in total. The molecule has 0 bridgehead atoms. The lowest BCUT2D eigenvalue weighted by molar-refractivity contribution is 0.0526. The molecular weight excluding hydrogens is 377 g/mol. The number of carbonyl (C=O) groups excluding carboxylic acids is 1. The summed E-state index contributed by atoms with van der Waals surface area (Å²) < 4.78 is 24.3. The highest BCUT2D eigenvalue weighted by atomic mass is 35.5. The lowest BCUT2D eigenvalue weighted by atomic mass is 10.2. The zero-order chi connectivity index (χ0) is 18.5. The number of halogens is 2. The number of carbonyl (C=O) groups is 1. The van der Waals surface area contributed by atoms with E-state index < -0.39 is 5.97 Å². The first-order chi connectivity index (χ1) is 12.6. The van der Waals surface area contributed by atoms with E-state index >= 15 is 0 Å². The summed E-state index contributed by atoms with van der Waals surface area (Å²) in [5.41, 5.74) is 1.41. The number of nitrogens with zero attached hydrogens (tertiary/aromatic N) is 1. The Hall–Kier alpha value is -2.44. The minimum Gasteiger partial charge on any atom is -0.472 e. The van der Waals surface area contributed by atoms with E-state index in [0.29, 0.717) is 15.6 Å². The van der Waals surface area contributed by atoms with Crippen LogP contribution in [-0.4, -0.2) is 17.6 Å². The molecule has 0 fully saturated rings. The fourth-order valence-electron chi connectivity index (χ4n) is 2.25. The van der Waals surface area contributed by atoms with E-state index in [4.69, 9.17) is 21.1 Å². The van der Waals surface area contributed by atoms with Crippen molar-refractivity contribution < 1.29 is 18.7 Å². The van der Waals surface area contributed by atoms with E-state index in [1.165, 1.54) is 12.1 Å². The number of esters is 1. The van der Waals surface area contributed by atoms with Gasteiger partial charge in [0.1, 0.15) is 17.4 Å². The van der Waals surface area contributed by atoms with Crippen LogP contribution < -0.4 is 4.74 Å². The molecular formula is C19H15ClFNO3S. The summed E-state index contributed by atoms with van der Waals surface area (Å²) in [7, 11) is 0. The molecule has 2 aromatic carbocycles. The minimum atomic E-state index is -0.520. The molecule has 3 aromatic rings. The van der Waals surface area contributed by atoms with Gasteiger partial charge in [-0.1, -0.05) is 35.9 Å². The third kappa shape index (κ3) is 4.39. The molecule has 0 spiro atoms. The molecule has 1 heterocycles. The minimum absolute atomic E-state index is 0.160. The van der Waals surface area contributed by atoms with E-state index in [1.807, 2.05) is 12.1 Å². The fourth-order valence-corrected chi connectivity index (χ4v) is 3.37. The number of aromatic nitrogens is 1. The predicted molar refractivity (Wildman–Crippen MR) is 99.2 cm³/mol. The summed E-state index contributed by atoms with van der Waals surface area (Å²) in [5.74, 6) is -0.738. The second-order valence-corrected chi connectivity index (χ2v) is 6.74. The molecule has 0 aliphatic rings. The van der Waals surface area contributed by atoms with Crippen LogP contribution in [0, 0.1) is 5.82 Å². The number of ether oxygens (including phenoxy) is 2. The largest absolute Gasteiger partial charge is 0.472 e. The van der Waals surface area contributed by atoms with Crippen molar-refractivity contribution >= 4 is 28.9 Å². The van der Waals surface area contributed by atoms with Crippen LogP contribution in [0.25, 0.3) is 10.6 Å². The Morgan fingerprint density at radius 3 is 2.77 bits per heavy atom. The molecule has 0 saturated heterocycles. The van der Waals surface area contributed by atoms with Crippen molar-refractivity contribution in [2.24, 2.45) is 0 Å². The summed E-state index contributed by atoms with van der Waals surface area (Å²) in [6.07, 6.45) is 0. The van der Waals surface area contributed by atoms with E-state index in [1.54, 1.807) is 31.2 Å². The third-order valence-electron chi connectivity index (χ3n) is 3.39. The van der Waals surface area contributed by atoms with Crippen LogP contribution in [0.15, 0.2) is 48.5 Å². The molecule has 26 heavy (non-hydrogen) atoms. The summed E-state index contributed by atoms with van der Waals surface area (Å²) in [6.45, 7) is 2.15. The third-order valence-corrected chi connectivity index (χ3v) is 4.69. The SMILES string of the molecule is CCOC(=O)c1sc(-c2cccc(F)c2)nc1OCc1cccc(Cl)c1. The predicted octanol–water partition coefficient (Wildman–Crippen LogP) is 5.36. The zero-order valence-electron chi connectivity index (χ0n) is 13.9. The van der Waals surface area contributed by atoms with Crippen LogP contribution in [0.3, 0.4) is 0 Å². The van der Waals surface area contributed by atoms with Gasteiger partial charge in [-0.15, -0.1) is 11.3 Å². The highest BCUT2D eigenvalue weighted by Gasteiger charge is 2.22. The second kappa shape index (κ2) is 8.29. The quantitative estimate of drug-likeness (QED) is 0.531. The van der Waals surface area contributed by atoms with Crippen LogP contribution in [0.5, 0.6) is 5.88 Å². The molecule has 3 rings (SSSR count). The molecule has 0 atom stereocenters. The van der Waals surface area contributed by atoms with Crippen LogP contribution >= 0.6 is 22.9 Å². The van der Waals surface area contributed by atoms with Gasteiger partial charge in [0.2, 0.25) is 5.88 Å². The standard InChI is InChI=1S/C19H15ClFNO3S/c1-2-24-19(23)16-17(25-11-12-5-3-7-14(20)9-12)22-18(26-16)13-6-4-8-15(21)10-13/h3-10H,2,11H2,1H3. The number of thiazole rings is 1. The van der Waals surface area contributed by atoms with Crippen molar-refractivity contribution in [3.63, 3.8) is 0 Å². The first-order valence-corrected chi connectivity index (χ1v) is 9.07. The van der Waals surface area contributed by atoms with Crippen LogP contribution in [0.1, 0.15) is 22.2 Å². The number of benzene rings is 2. The second-order valence-electron chi connectivity index (χ2n) is 5.30. The Balaban J connectivity index is 1.90. The molecule has 0 unspecified atom stereocenters.